The van der Waals surface area contributed by atoms with E-state index in [0.717, 1.165) is 22.3 Å². The Kier molecular flexibility index (Phi) is 14.3. The van der Waals surface area contributed by atoms with E-state index in [-0.39, 0.29) is 72.4 Å². The SMILES string of the molecule is Oc1ccccc1Oc1ccccc1OCc1cc(COc2ccccc2Oc2ccccc2O)c(COc2ccccc2Oc2ccccc2O)cc1COc1ccccc1Oc1ccccc1O. The minimum absolute atomic E-state index is 0.0223. The van der Waals surface area contributed by atoms with Crippen molar-refractivity contribution >= 4 is 0 Å². The number of rotatable bonds is 20. The van der Waals surface area contributed by atoms with Gasteiger partial charge in [0, 0.05) is 0 Å². The first-order valence-corrected chi connectivity index (χ1v) is 22.2. The van der Waals surface area contributed by atoms with Crippen molar-refractivity contribution in [2.75, 3.05) is 0 Å². The minimum Gasteiger partial charge on any atom is -0.504 e. The maximum Gasteiger partial charge on any atom is 0.169 e. The van der Waals surface area contributed by atoms with Crippen LogP contribution in [0.25, 0.3) is 0 Å². The zero-order valence-corrected chi connectivity index (χ0v) is 37.5. The van der Waals surface area contributed by atoms with Crippen LogP contribution in [-0.2, 0) is 26.4 Å². The normalized spacial score (nSPS) is 10.7. The molecule has 9 aromatic carbocycles. The summed E-state index contributed by atoms with van der Waals surface area (Å²) in [6, 6.07) is 59.3. The largest absolute Gasteiger partial charge is 0.504 e. The molecule has 9 aromatic rings. The van der Waals surface area contributed by atoms with Gasteiger partial charge in [-0.1, -0.05) is 97.1 Å². The summed E-state index contributed by atoms with van der Waals surface area (Å²) in [4.78, 5) is 0. The molecule has 0 spiro atoms. The molecular weight excluding hydrogens is 889 g/mol. The first-order chi connectivity index (χ1) is 34.3. The average Bonchev–Trinajstić information content (AvgIpc) is 3.38. The summed E-state index contributed by atoms with van der Waals surface area (Å²) in [5.41, 5.74) is 2.89. The van der Waals surface area contributed by atoms with Crippen LogP contribution in [0.15, 0.2) is 206 Å². The van der Waals surface area contributed by atoms with E-state index in [2.05, 4.69) is 0 Å². The van der Waals surface area contributed by atoms with Crippen LogP contribution >= 0.6 is 0 Å². The van der Waals surface area contributed by atoms with Gasteiger partial charge in [-0.25, -0.2) is 0 Å². The third-order valence-corrected chi connectivity index (χ3v) is 10.8. The van der Waals surface area contributed by atoms with Crippen molar-refractivity contribution in [2.24, 2.45) is 0 Å². The molecule has 70 heavy (non-hydrogen) atoms. The molecule has 0 aromatic heterocycles. The van der Waals surface area contributed by atoms with E-state index in [1.54, 1.807) is 146 Å². The number of para-hydroxylation sites is 16. The molecule has 0 heterocycles. The lowest BCUT2D eigenvalue weighted by molar-refractivity contribution is 0.263. The Labute approximate surface area is 403 Å². The van der Waals surface area contributed by atoms with Crippen LogP contribution in [-0.4, -0.2) is 20.4 Å². The second-order valence-corrected chi connectivity index (χ2v) is 15.6. The third kappa shape index (κ3) is 11.4. The Morgan fingerprint density at radius 1 is 0.214 bits per heavy atom. The van der Waals surface area contributed by atoms with E-state index in [1.807, 2.05) is 60.7 Å². The predicted octanol–water partition coefficient (Wildman–Crippen LogP) is 14.0. The molecule has 0 aliphatic carbocycles. The summed E-state index contributed by atoms with van der Waals surface area (Å²) in [7, 11) is 0. The molecule has 0 unspecified atom stereocenters. The summed E-state index contributed by atoms with van der Waals surface area (Å²) in [5.74, 6) is 4.18. The van der Waals surface area contributed by atoms with Gasteiger partial charge in [-0.15, -0.1) is 0 Å². The smallest absolute Gasteiger partial charge is 0.169 e. The van der Waals surface area contributed by atoms with Gasteiger partial charge in [-0.3, -0.25) is 0 Å². The van der Waals surface area contributed by atoms with E-state index < -0.39 is 0 Å². The van der Waals surface area contributed by atoms with Gasteiger partial charge >= 0.3 is 0 Å². The van der Waals surface area contributed by atoms with Gasteiger partial charge in [-0.05, 0) is 131 Å². The number of benzene rings is 9. The van der Waals surface area contributed by atoms with Crippen LogP contribution < -0.4 is 37.9 Å². The highest BCUT2D eigenvalue weighted by Gasteiger charge is 2.19. The Hall–Kier alpha value is -9.42. The lowest BCUT2D eigenvalue weighted by Gasteiger charge is -2.21. The van der Waals surface area contributed by atoms with Gasteiger partial charge in [0.1, 0.15) is 26.4 Å². The second-order valence-electron chi connectivity index (χ2n) is 15.6. The molecule has 0 amide bonds. The zero-order chi connectivity index (χ0) is 48.1. The topological polar surface area (TPSA) is 155 Å². The lowest BCUT2D eigenvalue weighted by Crippen LogP contribution is -2.11. The number of hydrogen-bond donors (Lipinski definition) is 4. The predicted molar refractivity (Wildman–Crippen MR) is 262 cm³/mol. The molecular formula is C58H46O12. The zero-order valence-electron chi connectivity index (χ0n) is 37.5. The number of phenolic OH excluding ortho intramolecular Hbond substituents is 4. The van der Waals surface area contributed by atoms with E-state index in [0.29, 0.717) is 46.0 Å². The van der Waals surface area contributed by atoms with Crippen LogP contribution in [0.1, 0.15) is 22.3 Å². The molecule has 0 atom stereocenters. The molecule has 350 valence electrons. The molecule has 0 saturated carbocycles. The molecule has 9 rings (SSSR count). The van der Waals surface area contributed by atoms with E-state index in [1.165, 1.54) is 0 Å². The monoisotopic (exact) mass is 934 g/mol. The van der Waals surface area contributed by atoms with Gasteiger partial charge in [0.25, 0.3) is 0 Å². The van der Waals surface area contributed by atoms with Gasteiger partial charge in [0.05, 0.1) is 0 Å². The molecule has 12 heteroatoms. The summed E-state index contributed by atoms with van der Waals surface area (Å²) < 4.78 is 50.7. The van der Waals surface area contributed by atoms with E-state index in [9.17, 15) is 20.4 Å². The van der Waals surface area contributed by atoms with Crippen LogP contribution in [0.3, 0.4) is 0 Å². The fraction of sp³-hybridized carbons (Fsp3) is 0.0690. The molecule has 0 saturated heterocycles. The van der Waals surface area contributed by atoms with Gasteiger partial charge < -0.3 is 58.3 Å². The van der Waals surface area contributed by atoms with Crippen molar-refractivity contribution < 1.29 is 58.3 Å². The average molecular weight is 935 g/mol. The highest BCUT2D eigenvalue weighted by Crippen LogP contribution is 2.41. The van der Waals surface area contributed by atoms with Crippen molar-refractivity contribution in [2.45, 2.75) is 26.4 Å². The molecule has 0 aliphatic heterocycles. The van der Waals surface area contributed by atoms with Crippen molar-refractivity contribution in [1.82, 2.24) is 0 Å². The fourth-order valence-corrected chi connectivity index (χ4v) is 7.21. The number of ether oxygens (including phenoxy) is 8. The van der Waals surface area contributed by atoms with Gasteiger partial charge in [0.2, 0.25) is 0 Å². The molecule has 0 aliphatic rings. The number of hydrogen-bond acceptors (Lipinski definition) is 12. The number of phenols is 4. The summed E-state index contributed by atoms with van der Waals surface area (Å²) >= 11 is 0. The third-order valence-electron chi connectivity index (χ3n) is 10.8. The Balaban J connectivity index is 1.08. The van der Waals surface area contributed by atoms with Crippen LogP contribution in [0.2, 0.25) is 0 Å². The highest BCUT2D eigenvalue weighted by molar-refractivity contribution is 5.51. The van der Waals surface area contributed by atoms with Crippen LogP contribution in [0.5, 0.6) is 92.0 Å². The lowest BCUT2D eigenvalue weighted by atomic mass is 9.99. The Morgan fingerprint density at radius 2 is 0.386 bits per heavy atom. The van der Waals surface area contributed by atoms with Crippen molar-refractivity contribution in [3.05, 3.63) is 229 Å². The fourth-order valence-electron chi connectivity index (χ4n) is 7.21. The number of aromatic hydroxyl groups is 4. The van der Waals surface area contributed by atoms with Crippen molar-refractivity contribution in [3.8, 4) is 92.0 Å². The molecule has 0 radical (unpaired) electrons. The molecule has 0 fully saturated rings. The van der Waals surface area contributed by atoms with Crippen LogP contribution in [0, 0.1) is 0 Å². The van der Waals surface area contributed by atoms with Crippen LogP contribution in [0.4, 0.5) is 0 Å². The highest BCUT2D eigenvalue weighted by atomic mass is 16.5. The Morgan fingerprint density at radius 3 is 0.586 bits per heavy atom. The van der Waals surface area contributed by atoms with Crippen molar-refractivity contribution in [1.29, 1.82) is 0 Å². The summed E-state index contributed by atoms with van der Waals surface area (Å²) in [6.07, 6.45) is 0. The summed E-state index contributed by atoms with van der Waals surface area (Å²) in [5, 5.41) is 42.1. The molecule has 12 nitrogen and oxygen atoms in total. The quantitative estimate of drug-likeness (QED) is 0.0575. The van der Waals surface area contributed by atoms with E-state index in [4.69, 9.17) is 37.9 Å². The maximum absolute atomic E-state index is 10.5. The molecule has 0 bridgehead atoms. The second kappa shape index (κ2) is 21.9. The standard InChI is InChI=1S/C58H46O12/c59-43-17-1-5-21-47(43)67-55-29-13-9-25-51(55)63-35-39-33-41(37-65-53-27-11-15-31-57(53)69-49-23-7-3-19-45(49)61)42(38-66-54-28-12-16-32-58(54)70-50-24-8-4-20-46(50)62)34-40(39)36-64-52-26-10-14-30-56(52)68-48-22-6-2-18-44(48)60/h1-34,59-62H,35-38H2. The van der Waals surface area contributed by atoms with Gasteiger partial charge in [0.15, 0.2) is 92.0 Å². The minimum atomic E-state index is -0.0223. The first kappa shape index (κ1) is 45.7. The Bertz CT molecular complexity index is 2780. The first-order valence-electron chi connectivity index (χ1n) is 22.2. The van der Waals surface area contributed by atoms with E-state index >= 15 is 0 Å². The maximum atomic E-state index is 10.5. The van der Waals surface area contributed by atoms with Gasteiger partial charge in [-0.2, -0.15) is 0 Å². The van der Waals surface area contributed by atoms with Crippen molar-refractivity contribution in [3.63, 3.8) is 0 Å². The summed E-state index contributed by atoms with van der Waals surface area (Å²) in [6.45, 7) is 0.144. The molecule has 4 N–H and O–H groups in total.